The Kier molecular flexibility index (Phi) is 3.25. The van der Waals surface area contributed by atoms with E-state index in [0.717, 1.165) is 12.8 Å². The van der Waals surface area contributed by atoms with Crippen LogP contribution < -0.4 is 10.6 Å². The highest BCUT2D eigenvalue weighted by Gasteiger charge is 2.24. The van der Waals surface area contributed by atoms with E-state index in [-0.39, 0.29) is 18.0 Å². The van der Waals surface area contributed by atoms with Gasteiger partial charge in [0.05, 0.1) is 12.1 Å². The first kappa shape index (κ1) is 11.1. The number of hydrogen-bond acceptors (Lipinski definition) is 2. The summed E-state index contributed by atoms with van der Waals surface area (Å²) in [5.41, 5.74) is 2.64. The molecule has 1 aliphatic carbocycles. The van der Waals surface area contributed by atoms with Crippen LogP contribution in [0.5, 0.6) is 0 Å². The zero-order valence-electron chi connectivity index (χ0n) is 9.79. The van der Waals surface area contributed by atoms with E-state index in [4.69, 9.17) is 0 Å². The van der Waals surface area contributed by atoms with Crippen molar-refractivity contribution in [3.8, 4) is 0 Å². The minimum absolute atomic E-state index is 0.0733. The zero-order valence-corrected chi connectivity index (χ0v) is 9.79. The number of benzene rings is 1. The molecule has 2 rings (SSSR count). The van der Waals surface area contributed by atoms with Crippen molar-refractivity contribution >= 4 is 5.91 Å². The van der Waals surface area contributed by atoms with Gasteiger partial charge in [-0.2, -0.15) is 0 Å². The molecule has 3 heteroatoms. The topological polar surface area (TPSA) is 41.1 Å². The molecule has 0 fully saturated rings. The first-order valence-electron chi connectivity index (χ1n) is 5.78. The molecule has 1 amide bonds. The molecule has 0 aliphatic heterocycles. The molecule has 1 aliphatic rings. The van der Waals surface area contributed by atoms with Crippen LogP contribution in [0.15, 0.2) is 24.3 Å². The molecule has 2 unspecified atom stereocenters. The van der Waals surface area contributed by atoms with Gasteiger partial charge in [-0.15, -0.1) is 0 Å². The predicted octanol–water partition coefficient (Wildman–Crippen LogP) is 1.40. The van der Waals surface area contributed by atoms with Crippen molar-refractivity contribution in [3.63, 3.8) is 0 Å². The summed E-state index contributed by atoms with van der Waals surface area (Å²) in [6.45, 7) is 1.87. The molecule has 1 aromatic carbocycles. The average molecular weight is 218 g/mol. The SMILES string of the molecule is CNC(C)C(=O)NC1CCc2ccccc21. The fourth-order valence-electron chi connectivity index (χ4n) is 2.13. The maximum atomic E-state index is 11.8. The molecule has 0 heterocycles. The smallest absolute Gasteiger partial charge is 0.237 e. The second-order valence-corrected chi connectivity index (χ2v) is 4.31. The summed E-state index contributed by atoms with van der Waals surface area (Å²) >= 11 is 0. The molecule has 0 spiro atoms. The van der Waals surface area contributed by atoms with Gasteiger partial charge in [-0.25, -0.2) is 0 Å². The van der Waals surface area contributed by atoms with Gasteiger partial charge in [0.1, 0.15) is 0 Å². The molecule has 0 radical (unpaired) electrons. The van der Waals surface area contributed by atoms with Gasteiger partial charge >= 0.3 is 0 Å². The normalized spacial score (nSPS) is 20.2. The van der Waals surface area contributed by atoms with E-state index < -0.39 is 0 Å². The molecular formula is C13H18N2O. The number of carbonyl (C=O) groups is 1. The van der Waals surface area contributed by atoms with Gasteiger partial charge in [0.25, 0.3) is 0 Å². The lowest BCUT2D eigenvalue weighted by molar-refractivity contribution is -0.123. The van der Waals surface area contributed by atoms with Crippen molar-refractivity contribution in [2.24, 2.45) is 0 Å². The molecule has 2 N–H and O–H groups in total. The van der Waals surface area contributed by atoms with E-state index in [1.807, 2.05) is 13.0 Å². The fraction of sp³-hybridized carbons (Fsp3) is 0.462. The Balaban J connectivity index is 2.06. The van der Waals surface area contributed by atoms with E-state index in [1.165, 1.54) is 11.1 Å². The van der Waals surface area contributed by atoms with Crippen molar-refractivity contribution < 1.29 is 4.79 Å². The minimum Gasteiger partial charge on any atom is -0.348 e. The summed E-state index contributed by atoms with van der Waals surface area (Å²) in [5.74, 6) is 0.0733. The summed E-state index contributed by atoms with van der Waals surface area (Å²) in [4.78, 5) is 11.8. The lowest BCUT2D eigenvalue weighted by Gasteiger charge is -2.17. The van der Waals surface area contributed by atoms with Crippen molar-refractivity contribution in [1.82, 2.24) is 10.6 Å². The number of rotatable bonds is 3. The Morgan fingerprint density at radius 2 is 2.19 bits per heavy atom. The lowest BCUT2D eigenvalue weighted by Crippen LogP contribution is -2.41. The van der Waals surface area contributed by atoms with E-state index in [2.05, 4.69) is 28.8 Å². The number of nitrogens with one attached hydrogen (secondary N) is 2. The van der Waals surface area contributed by atoms with E-state index in [9.17, 15) is 4.79 Å². The molecule has 0 bridgehead atoms. The third-order valence-corrected chi connectivity index (χ3v) is 3.28. The summed E-state index contributed by atoms with van der Waals surface area (Å²) in [6.07, 6.45) is 2.08. The largest absolute Gasteiger partial charge is 0.348 e. The van der Waals surface area contributed by atoms with Gasteiger partial charge in [-0.3, -0.25) is 4.79 Å². The second-order valence-electron chi connectivity index (χ2n) is 4.31. The van der Waals surface area contributed by atoms with Gasteiger partial charge in [-0.05, 0) is 37.9 Å². The van der Waals surface area contributed by atoms with Gasteiger partial charge in [0, 0.05) is 0 Å². The molecule has 0 aromatic heterocycles. The van der Waals surface area contributed by atoms with Crippen LogP contribution in [0, 0.1) is 0 Å². The Hall–Kier alpha value is -1.35. The zero-order chi connectivity index (χ0) is 11.5. The van der Waals surface area contributed by atoms with Gasteiger partial charge in [-0.1, -0.05) is 24.3 Å². The highest BCUT2D eigenvalue weighted by atomic mass is 16.2. The molecule has 0 saturated heterocycles. The Labute approximate surface area is 96.2 Å². The van der Waals surface area contributed by atoms with Crippen molar-refractivity contribution in [2.75, 3.05) is 7.05 Å². The number of likely N-dealkylation sites (N-methyl/N-ethyl adjacent to an activating group) is 1. The van der Waals surface area contributed by atoms with Crippen molar-refractivity contribution in [3.05, 3.63) is 35.4 Å². The Morgan fingerprint density at radius 1 is 1.44 bits per heavy atom. The molecule has 0 saturated carbocycles. The highest BCUT2D eigenvalue weighted by Crippen LogP contribution is 2.30. The minimum atomic E-state index is -0.132. The summed E-state index contributed by atoms with van der Waals surface area (Å²) in [6, 6.07) is 8.40. The quantitative estimate of drug-likeness (QED) is 0.805. The van der Waals surface area contributed by atoms with Crippen LogP contribution in [0.25, 0.3) is 0 Å². The number of carbonyl (C=O) groups excluding carboxylic acids is 1. The van der Waals surface area contributed by atoms with E-state index >= 15 is 0 Å². The molecule has 86 valence electrons. The summed E-state index contributed by atoms with van der Waals surface area (Å²) in [5, 5.41) is 6.03. The van der Waals surface area contributed by atoms with Crippen LogP contribution in [-0.2, 0) is 11.2 Å². The average Bonchev–Trinajstić information content (AvgIpc) is 2.72. The standard InChI is InChI=1S/C13H18N2O/c1-9(14-2)13(16)15-12-8-7-10-5-3-4-6-11(10)12/h3-6,9,12,14H,7-8H2,1-2H3,(H,15,16). The molecular weight excluding hydrogens is 200 g/mol. The van der Waals surface area contributed by atoms with Crippen LogP contribution in [-0.4, -0.2) is 19.0 Å². The Bertz CT molecular complexity index is 389. The van der Waals surface area contributed by atoms with Crippen LogP contribution in [0.3, 0.4) is 0 Å². The summed E-state index contributed by atoms with van der Waals surface area (Å²) < 4.78 is 0. The van der Waals surface area contributed by atoms with Crippen LogP contribution in [0.1, 0.15) is 30.5 Å². The fourth-order valence-corrected chi connectivity index (χ4v) is 2.13. The first-order chi connectivity index (χ1) is 7.72. The lowest BCUT2D eigenvalue weighted by atomic mass is 10.1. The molecule has 1 aromatic rings. The van der Waals surface area contributed by atoms with Crippen LogP contribution in [0.2, 0.25) is 0 Å². The van der Waals surface area contributed by atoms with Gasteiger partial charge < -0.3 is 10.6 Å². The Morgan fingerprint density at radius 3 is 2.94 bits per heavy atom. The monoisotopic (exact) mass is 218 g/mol. The van der Waals surface area contributed by atoms with Crippen molar-refractivity contribution in [2.45, 2.75) is 31.8 Å². The number of fused-ring (bicyclic) bond motifs is 1. The predicted molar refractivity (Wildman–Crippen MR) is 64.2 cm³/mol. The van der Waals surface area contributed by atoms with E-state index in [1.54, 1.807) is 7.05 Å². The van der Waals surface area contributed by atoms with Crippen molar-refractivity contribution in [1.29, 1.82) is 0 Å². The first-order valence-corrected chi connectivity index (χ1v) is 5.78. The van der Waals surface area contributed by atoms with E-state index in [0.29, 0.717) is 0 Å². The van der Waals surface area contributed by atoms with Crippen LogP contribution in [0.4, 0.5) is 0 Å². The number of amides is 1. The molecule has 2 atom stereocenters. The van der Waals surface area contributed by atoms with Gasteiger partial charge in [0.2, 0.25) is 5.91 Å². The summed E-state index contributed by atoms with van der Waals surface area (Å²) in [7, 11) is 1.80. The molecule has 16 heavy (non-hydrogen) atoms. The highest BCUT2D eigenvalue weighted by molar-refractivity contribution is 5.81. The maximum Gasteiger partial charge on any atom is 0.237 e. The third kappa shape index (κ3) is 2.09. The molecule has 3 nitrogen and oxygen atoms in total. The van der Waals surface area contributed by atoms with Gasteiger partial charge in [0.15, 0.2) is 0 Å². The van der Waals surface area contributed by atoms with Crippen LogP contribution >= 0.6 is 0 Å². The maximum absolute atomic E-state index is 11.8. The number of aryl methyl sites for hydroxylation is 1. The second kappa shape index (κ2) is 4.66. The number of hydrogen-bond donors (Lipinski definition) is 2. The third-order valence-electron chi connectivity index (χ3n) is 3.28.